The van der Waals surface area contributed by atoms with Gasteiger partial charge in [0, 0.05) is 17.6 Å². The number of rotatable bonds is 6. The molecule has 0 radical (unpaired) electrons. The number of nitrogens with zero attached hydrogens (tertiary/aromatic N) is 1. The molecule has 1 fully saturated rings. The van der Waals surface area contributed by atoms with Crippen LogP contribution in [0.4, 0.5) is 8.78 Å². The number of nitrogens with one attached hydrogen (secondary N) is 2. The Morgan fingerprint density at radius 1 is 0.914 bits per heavy atom. The van der Waals surface area contributed by atoms with Crippen molar-refractivity contribution in [3.8, 4) is 17.4 Å². The molecule has 0 bridgehead atoms. The van der Waals surface area contributed by atoms with Crippen LogP contribution in [-0.4, -0.2) is 34.0 Å². The summed E-state index contributed by atoms with van der Waals surface area (Å²) in [6, 6.07) is 10.2. The van der Waals surface area contributed by atoms with Gasteiger partial charge in [0.1, 0.15) is 28.7 Å². The number of carbonyl (C=O) groups is 2. The number of hydrogen-bond donors (Lipinski definition) is 3. The predicted molar refractivity (Wildman–Crippen MR) is 125 cm³/mol. The molecular formula is C25H22ClF2N3O4. The maximum atomic E-state index is 13.8. The minimum absolute atomic E-state index is 0.0750. The highest BCUT2D eigenvalue weighted by atomic mass is 35.5. The molecule has 4 rings (SSSR count). The molecule has 0 aliphatic heterocycles. The van der Waals surface area contributed by atoms with Gasteiger partial charge in [-0.2, -0.15) is 0 Å². The second-order valence-electron chi connectivity index (χ2n) is 8.22. The van der Waals surface area contributed by atoms with Crippen LogP contribution in [0.1, 0.15) is 46.4 Å². The number of pyridine rings is 1. The van der Waals surface area contributed by atoms with Gasteiger partial charge < -0.3 is 20.5 Å². The maximum absolute atomic E-state index is 13.8. The van der Waals surface area contributed by atoms with E-state index in [0.29, 0.717) is 31.2 Å². The molecular weight excluding hydrogens is 480 g/mol. The van der Waals surface area contributed by atoms with Gasteiger partial charge in [-0.25, -0.2) is 13.8 Å². The van der Waals surface area contributed by atoms with Crippen molar-refractivity contribution >= 4 is 23.4 Å². The smallest absolute Gasteiger partial charge is 0.257 e. The van der Waals surface area contributed by atoms with Crippen LogP contribution in [0.15, 0.2) is 54.7 Å². The summed E-state index contributed by atoms with van der Waals surface area (Å²) < 4.78 is 32.5. The highest BCUT2D eigenvalue weighted by Crippen LogP contribution is 2.26. The molecule has 0 unspecified atom stereocenters. The normalized spacial score (nSPS) is 17.5. The van der Waals surface area contributed by atoms with Crippen molar-refractivity contribution in [1.82, 2.24) is 15.6 Å². The molecule has 35 heavy (non-hydrogen) atoms. The van der Waals surface area contributed by atoms with E-state index in [0.717, 1.165) is 12.3 Å². The predicted octanol–water partition coefficient (Wildman–Crippen LogP) is 4.98. The fraction of sp³-hybridized carbons (Fsp3) is 0.240. The van der Waals surface area contributed by atoms with E-state index in [1.54, 1.807) is 0 Å². The Bertz CT molecular complexity index is 1230. The third kappa shape index (κ3) is 6.24. The number of benzene rings is 2. The van der Waals surface area contributed by atoms with Crippen LogP contribution in [0.3, 0.4) is 0 Å². The Balaban J connectivity index is 1.34. The first-order valence-corrected chi connectivity index (χ1v) is 11.4. The Morgan fingerprint density at radius 2 is 1.54 bits per heavy atom. The summed E-state index contributed by atoms with van der Waals surface area (Å²) in [5, 5.41) is 15.4. The first-order chi connectivity index (χ1) is 16.8. The summed E-state index contributed by atoms with van der Waals surface area (Å²) in [6.45, 7) is 0. The van der Waals surface area contributed by atoms with E-state index in [4.69, 9.17) is 16.3 Å². The van der Waals surface area contributed by atoms with Crippen LogP contribution in [-0.2, 0) is 0 Å². The van der Waals surface area contributed by atoms with Gasteiger partial charge in [0.05, 0.1) is 11.2 Å². The average molecular weight is 502 g/mol. The lowest BCUT2D eigenvalue weighted by Crippen LogP contribution is -2.43. The molecule has 2 amide bonds. The van der Waals surface area contributed by atoms with Gasteiger partial charge >= 0.3 is 0 Å². The number of hydrogen-bond acceptors (Lipinski definition) is 5. The third-order valence-corrected chi connectivity index (χ3v) is 6.00. The van der Waals surface area contributed by atoms with Gasteiger partial charge in [0.2, 0.25) is 5.88 Å². The summed E-state index contributed by atoms with van der Waals surface area (Å²) in [6.07, 6.45) is 3.39. The Kier molecular flexibility index (Phi) is 7.45. The van der Waals surface area contributed by atoms with Crippen LogP contribution in [0.25, 0.3) is 0 Å². The quantitative estimate of drug-likeness (QED) is 0.442. The van der Waals surface area contributed by atoms with Crippen molar-refractivity contribution in [2.45, 2.75) is 37.8 Å². The Hall–Kier alpha value is -3.72. The van der Waals surface area contributed by atoms with Crippen LogP contribution >= 0.6 is 11.6 Å². The summed E-state index contributed by atoms with van der Waals surface area (Å²) in [5.41, 5.74) is 0.268. The van der Waals surface area contributed by atoms with E-state index in [1.807, 2.05) is 0 Å². The van der Waals surface area contributed by atoms with E-state index in [2.05, 4.69) is 15.6 Å². The van der Waals surface area contributed by atoms with Gasteiger partial charge in [0.25, 0.3) is 11.8 Å². The van der Waals surface area contributed by atoms with E-state index in [1.165, 1.54) is 42.5 Å². The molecule has 0 atom stereocenters. The molecule has 3 N–H and O–H groups in total. The van der Waals surface area contributed by atoms with Crippen molar-refractivity contribution in [3.05, 3.63) is 82.5 Å². The summed E-state index contributed by atoms with van der Waals surface area (Å²) in [5.74, 6) is -1.91. The number of ether oxygens (including phenoxy) is 1. The molecule has 1 saturated carbocycles. The third-order valence-electron chi connectivity index (χ3n) is 5.70. The number of carbonyl (C=O) groups excluding carboxylic acids is 2. The Morgan fingerprint density at radius 3 is 2.17 bits per heavy atom. The maximum Gasteiger partial charge on any atom is 0.257 e. The van der Waals surface area contributed by atoms with Crippen LogP contribution in [0.2, 0.25) is 5.02 Å². The Labute approximate surface area is 205 Å². The lowest BCUT2D eigenvalue weighted by Gasteiger charge is -2.29. The van der Waals surface area contributed by atoms with E-state index >= 15 is 0 Å². The second-order valence-corrected chi connectivity index (χ2v) is 8.63. The largest absolute Gasteiger partial charge is 0.506 e. The van der Waals surface area contributed by atoms with Crippen molar-refractivity contribution in [3.63, 3.8) is 0 Å². The van der Waals surface area contributed by atoms with Crippen LogP contribution < -0.4 is 15.4 Å². The van der Waals surface area contributed by atoms with Gasteiger partial charge in [-0.1, -0.05) is 11.6 Å². The second kappa shape index (κ2) is 10.7. The number of aromatic nitrogens is 1. The number of amides is 2. The topological polar surface area (TPSA) is 101 Å². The molecule has 1 aliphatic carbocycles. The summed E-state index contributed by atoms with van der Waals surface area (Å²) >= 11 is 5.87. The lowest BCUT2D eigenvalue weighted by molar-refractivity contribution is 0.0890. The number of phenolic OH excluding ortho intramolecular Hbond substituents is 1. The molecule has 1 aromatic heterocycles. The minimum atomic E-state index is -0.692. The molecule has 0 saturated heterocycles. The highest BCUT2D eigenvalue weighted by Gasteiger charge is 2.26. The molecule has 182 valence electrons. The highest BCUT2D eigenvalue weighted by molar-refractivity contribution is 6.32. The molecule has 1 aliphatic rings. The monoisotopic (exact) mass is 501 g/mol. The van der Waals surface area contributed by atoms with Crippen molar-refractivity contribution in [1.29, 1.82) is 0 Å². The van der Waals surface area contributed by atoms with Gasteiger partial charge in [-0.15, -0.1) is 0 Å². The molecule has 1 heterocycles. The van der Waals surface area contributed by atoms with Gasteiger partial charge in [0.15, 0.2) is 0 Å². The SMILES string of the molecule is O=C(NC1CCC(NC(=O)c2cc(F)cnc2Oc2ccc(F)cc2)CC1)c1ccc(O)c(Cl)c1. The summed E-state index contributed by atoms with van der Waals surface area (Å²) in [7, 11) is 0. The molecule has 3 aromatic rings. The zero-order chi connectivity index (χ0) is 24.9. The number of phenols is 1. The molecule has 7 nitrogen and oxygen atoms in total. The van der Waals surface area contributed by atoms with E-state index in [-0.39, 0.29) is 46.0 Å². The van der Waals surface area contributed by atoms with Gasteiger partial charge in [-0.05, 0) is 74.2 Å². The molecule has 0 spiro atoms. The minimum Gasteiger partial charge on any atom is -0.506 e. The molecule has 10 heteroatoms. The number of halogens is 3. The lowest BCUT2D eigenvalue weighted by atomic mass is 9.90. The first kappa shape index (κ1) is 24.4. The molecule has 2 aromatic carbocycles. The zero-order valence-corrected chi connectivity index (χ0v) is 19.2. The zero-order valence-electron chi connectivity index (χ0n) is 18.4. The van der Waals surface area contributed by atoms with Crippen molar-refractivity contribution < 1.29 is 28.2 Å². The average Bonchev–Trinajstić information content (AvgIpc) is 2.84. The number of aromatic hydroxyl groups is 1. The van der Waals surface area contributed by atoms with Crippen LogP contribution in [0.5, 0.6) is 17.4 Å². The van der Waals surface area contributed by atoms with E-state index < -0.39 is 17.5 Å². The van der Waals surface area contributed by atoms with Crippen molar-refractivity contribution in [2.75, 3.05) is 0 Å². The fourth-order valence-corrected chi connectivity index (χ4v) is 4.03. The standard InChI is InChI=1S/C25H22ClF2N3O4/c26-21-11-14(1-10-22(21)32)23(33)30-17-4-6-18(7-5-17)31-24(34)20-12-16(28)13-29-25(20)35-19-8-2-15(27)3-9-19/h1-3,8-13,17-18,32H,4-7H2,(H,30,33)(H,31,34). The summed E-state index contributed by atoms with van der Waals surface area (Å²) in [4.78, 5) is 29.2. The van der Waals surface area contributed by atoms with Gasteiger partial charge in [-0.3, -0.25) is 9.59 Å². The van der Waals surface area contributed by atoms with Crippen LogP contribution in [0, 0.1) is 11.6 Å². The fourth-order valence-electron chi connectivity index (χ4n) is 3.85. The van der Waals surface area contributed by atoms with Crippen molar-refractivity contribution in [2.24, 2.45) is 0 Å². The first-order valence-electron chi connectivity index (χ1n) is 11.0. The van der Waals surface area contributed by atoms with E-state index in [9.17, 15) is 23.5 Å².